The molecule has 3 rings (SSSR count). The molecule has 2 aromatic carbocycles. The van der Waals surface area contributed by atoms with E-state index < -0.39 is 10.0 Å². The monoisotopic (exact) mass is 443 g/mol. The Morgan fingerprint density at radius 3 is 2.20 bits per heavy atom. The summed E-state index contributed by atoms with van der Waals surface area (Å²) in [7, 11) is -3.79. The molecular weight excluding hydrogens is 418 g/mol. The quantitative estimate of drug-likeness (QED) is 0.550. The summed E-state index contributed by atoms with van der Waals surface area (Å²) in [6.07, 6.45) is 0.825. The molecule has 0 radical (unpaired) electrons. The molecule has 0 saturated carbocycles. The molecule has 2 N–H and O–H groups in total. The molecule has 0 bridgehead atoms. The molecule has 0 aliphatic carbocycles. The predicted octanol–water partition coefficient (Wildman–Crippen LogP) is 4.78. The minimum absolute atomic E-state index is 0.0969. The Morgan fingerprint density at radius 1 is 1.00 bits per heavy atom. The molecule has 1 heterocycles. The molecule has 0 fully saturated rings. The lowest BCUT2D eigenvalue weighted by molar-refractivity contribution is 0.0954. The third-order valence-corrected chi connectivity index (χ3v) is 6.77. The van der Waals surface area contributed by atoms with E-state index in [1.807, 2.05) is 30.3 Å². The number of hydrogen-bond acceptors (Lipinski definition) is 5. The Kier molecular flexibility index (Phi) is 6.58. The Balaban J connectivity index is 1.90. The van der Waals surface area contributed by atoms with Crippen molar-refractivity contribution in [1.82, 2.24) is 10.3 Å². The number of anilines is 1. The van der Waals surface area contributed by atoms with Gasteiger partial charge in [0.2, 0.25) is 0 Å². The van der Waals surface area contributed by atoms with Crippen LogP contribution in [0.4, 0.5) is 5.13 Å². The maximum Gasteiger partial charge on any atom is 0.263 e. The minimum atomic E-state index is -3.79. The summed E-state index contributed by atoms with van der Waals surface area (Å²) in [4.78, 5) is 17.8. The SMILES string of the molecule is CC(C)(C)CCNC(=O)c1sc(NS(=O)(=O)c2ccccc2)nc1-c1ccccc1. The van der Waals surface area contributed by atoms with Gasteiger partial charge in [0.25, 0.3) is 15.9 Å². The van der Waals surface area contributed by atoms with Crippen LogP contribution in [0.15, 0.2) is 65.6 Å². The number of nitrogens with one attached hydrogen (secondary N) is 2. The van der Waals surface area contributed by atoms with Gasteiger partial charge in [0.1, 0.15) is 4.88 Å². The van der Waals surface area contributed by atoms with E-state index in [1.165, 1.54) is 12.1 Å². The van der Waals surface area contributed by atoms with Gasteiger partial charge in [-0.3, -0.25) is 9.52 Å². The van der Waals surface area contributed by atoms with Crippen molar-refractivity contribution in [1.29, 1.82) is 0 Å². The molecule has 0 saturated heterocycles. The first-order valence-corrected chi connectivity index (χ1v) is 11.9. The first-order chi connectivity index (χ1) is 14.2. The lowest BCUT2D eigenvalue weighted by Crippen LogP contribution is -2.27. The van der Waals surface area contributed by atoms with Gasteiger partial charge in [0.05, 0.1) is 10.6 Å². The maximum absolute atomic E-state index is 12.9. The van der Waals surface area contributed by atoms with Gasteiger partial charge < -0.3 is 5.32 Å². The van der Waals surface area contributed by atoms with Crippen molar-refractivity contribution in [3.05, 3.63) is 65.5 Å². The van der Waals surface area contributed by atoms with E-state index in [1.54, 1.807) is 18.2 Å². The summed E-state index contributed by atoms with van der Waals surface area (Å²) < 4.78 is 27.8. The summed E-state index contributed by atoms with van der Waals surface area (Å²) in [6, 6.07) is 17.3. The lowest BCUT2D eigenvalue weighted by atomic mass is 9.92. The van der Waals surface area contributed by atoms with Crippen molar-refractivity contribution >= 4 is 32.4 Å². The molecule has 158 valence electrons. The number of amides is 1. The van der Waals surface area contributed by atoms with Crippen LogP contribution >= 0.6 is 11.3 Å². The number of carbonyl (C=O) groups excluding carboxylic acids is 1. The van der Waals surface area contributed by atoms with E-state index in [-0.39, 0.29) is 21.3 Å². The van der Waals surface area contributed by atoms with Crippen molar-refractivity contribution in [3.8, 4) is 11.3 Å². The Bertz CT molecular complexity index is 1100. The van der Waals surface area contributed by atoms with Gasteiger partial charge >= 0.3 is 0 Å². The maximum atomic E-state index is 12.9. The largest absolute Gasteiger partial charge is 0.351 e. The van der Waals surface area contributed by atoms with Crippen LogP contribution in [0.1, 0.15) is 36.9 Å². The number of aromatic nitrogens is 1. The molecule has 0 atom stereocenters. The van der Waals surface area contributed by atoms with Crippen LogP contribution < -0.4 is 10.0 Å². The fourth-order valence-electron chi connectivity index (χ4n) is 2.71. The van der Waals surface area contributed by atoms with E-state index in [4.69, 9.17) is 0 Å². The summed E-state index contributed by atoms with van der Waals surface area (Å²) in [5.74, 6) is -0.263. The topological polar surface area (TPSA) is 88.2 Å². The number of hydrogen-bond donors (Lipinski definition) is 2. The highest BCUT2D eigenvalue weighted by Gasteiger charge is 2.23. The Morgan fingerprint density at radius 2 is 1.60 bits per heavy atom. The molecular formula is C22H25N3O3S2. The van der Waals surface area contributed by atoms with E-state index in [2.05, 4.69) is 35.8 Å². The second-order valence-electron chi connectivity index (χ2n) is 8.05. The number of sulfonamides is 1. The van der Waals surface area contributed by atoms with Gasteiger partial charge in [-0.05, 0) is 24.0 Å². The van der Waals surface area contributed by atoms with Gasteiger partial charge in [-0.15, -0.1) is 0 Å². The van der Waals surface area contributed by atoms with Crippen molar-refractivity contribution < 1.29 is 13.2 Å². The van der Waals surface area contributed by atoms with Gasteiger partial charge in [-0.1, -0.05) is 80.6 Å². The molecule has 0 aliphatic rings. The number of benzene rings is 2. The summed E-state index contributed by atoms with van der Waals surface area (Å²) >= 11 is 1.03. The number of nitrogens with zero attached hydrogens (tertiary/aromatic N) is 1. The van der Waals surface area contributed by atoms with Crippen molar-refractivity contribution in [2.24, 2.45) is 5.41 Å². The summed E-state index contributed by atoms with van der Waals surface area (Å²) in [5, 5.41) is 3.08. The zero-order valence-corrected chi connectivity index (χ0v) is 18.8. The molecule has 30 heavy (non-hydrogen) atoms. The Labute approximate surface area is 181 Å². The van der Waals surface area contributed by atoms with Crippen LogP contribution in [-0.4, -0.2) is 25.9 Å². The van der Waals surface area contributed by atoms with Crippen LogP contribution in [0.5, 0.6) is 0 Å². The van der Waals surface area contributed by atoms with Crippen molar-refractivity contribution in [3.63, 3.8) is 0 Å². The van der Waals surface area contributed by atoms with E-state index in [0.29, 0.717) is 17.1 Å². The average molecular weight is 444 g/mol. The Hall–Kier alpha value is -2.71. The number of thiazole rings is 1. The average Bonchev–Trinajstić information content (AvgIpc) is 3.11. The van der Waals surface area contributed by atoms with Gasteiger partial charge in [-0.25, -0.2) is 13.4 Å². The minimum Gasteiger partial charge on any atom is -0.351 e. The lowest BCUT2D eigenvalue weighted by Gasteiger charge is -2.17. The van der Waals surface area contributed by atoms with Crippen molar-refractivity contribution in [2.45, 2.75) is 32.1 Å². The summed E-state index contributed by atoms with van der Waals surface area (Å²) in [5.41, 5.74) is 1.30. The highest BCUT2D eigenvalue weighted by atomic mass is 32.2. The molecule has 8 heteroatoms. The van der Waals surface area contributed by atoms with E-state index in [0.717, 1.165) is 23.3 Å². The van der Waals surface area contributed by atoms with Crippen LogP contribution in [0.3, 0.4) is 0 Å². The van der Waals surface area contributed by atoms with Crippen LogP contribution in [0, 0.1) is 5.41 Å². The summed E-state index contributed by atoms with van der Waals surface area (Å²) in [6.45, 7) is 6.85. The highest BCUT2D eigenvalue weighted by Crippen LogP contribution is 2.32. The van der Waals surface area contributed by atoms with Gasteiger partial charge in [0.15, 0.2) is 5.13 Å². The van der Waals surface area contributed by atoms with Gasteiger partial charge in [-0.2, -0.15) is 0 Å². The zero-order chi connectivity index (χ0) is 21.8. The normalized spacial score (nSPS) is 11.8. The fourth-order valence-corrected chi connectivity index (χ4v) is 4.87. The van der Waals surface area contributed by atoms with Crippen LogP contribution in [0.2, 0.25) is 0 Å². The molecule has 0 aliphatic heterocycles. The third kappa shape index (κ3) is 5.67. The van der Waals surface area contributed by atoms with E-state index in [9.17, 15) is 13.2 Å². The second-order valence-corrected chi connectivity index (χ2v) is 10.7. The van der Waals surface area contributed by atoms with Crippen LogP contribution in [-0.2, 0) is 10.0 Å². The first-order valence-electron chi connectivity index (χ1n) is 9.58. The molecule has 0 unspecified atom stereocenters. The molecule has 0 spiro atoms. The van der Waals surface area contributed by atoms with Crippen LogP contribution in [0.25, 0.3) is 11.3 Å². The molecule has 1 aromatic heterocycles. The fraction of sp³-hybridized carbons (Fsp3) is 0.273. The van der Waals surface area contributed by atoms with E-state index >= 15 is 0 Å². The molecule has 3 aromatic rings. The third-order valence-electron chi connectivity index (χ3n) is 4.32. The first kappa shape index (κ1) is 22.0. The smallest absolute Gasteiger partial charge is 0.263 e. The zero-order valence-electron chi connectivity index (χ0n) is 17.2. The van der Waals surface area contributed by atoms with Gasteiger partial charge in [0, 0.05) is 12.1 Å². The predicted molar refractivity (Wildman–Crippen MR) is 121 cm³/mol. The molecule has 6 nitrogen and oxygen atoms in total. The van der Waals surface area contributed by atoms with Crippen molar-refractivity contribution in [2.75, 3.05) is 11.3 Å². The standard InChI is InChI=1S/C22H25N3O3S2/c1-22(2,3)14-15-23-20(26)19-18(16-10-6-4-7-11-16)24-21(29-19)25-30(27,28)17-12-8-5-9-13-17/h4-13H,14-15H2,1-3H3,(H,23,26)(H,24,25). The second kappa shape index (κ2) is 8.97. The molecule has 1 amide bonds. The number of rotatable bonds is 7. The number of carbonyl (C=O) groups is 1. The highest BCUT2D eigenvalue weighted by molar-refractivity contribution is 7.93.